The Morgan fingerprint density at radius 2 is 1.85 bits per heavy atom. The zero-order valence-electron chi connectivity index (χ0n) is 14.1. The summed E-state index contributed by atoms with van der Waals surface area (Å²) in [7, 11) is -2.39. The molecule has 0 N–H and O–H groups in total. The molecule has 0 aliphatic rings. The van der Waals surface area contributed by atoms with Gasteiger partial charge in [0.25, 0.3) is 5.91 Å². The van der Waals surface area contributed by atoms with E-state index in [-0.39, 0.29) is 43.7 Å². The van der Waals surface area contributed by atoms with Gasteiger partial charge in [-0.3, -0.25) is 4.79 Å². The fourth-order valence-corrected chi connectivity index (χ4v) is 3.94. The first-order valence-corrected chi connectivity index (χ1v) is 10.3. The van der Waals surface area contributed by atoms with Crippen LogP contribution in [0.4, 0.5) is 18.9 Å². The smallest absolute Gasteiger partial charge is 0.310 e. The number of hydrogen-bond donors (Lipinski definition) is 0. The van der Waals surface area contributed by atoms with Crippen LogP contribution in [0.3, 0.4) is 0 Å². The van der Waals surface area contributed by atoms with E-state index in [1.807, 2.05) is 0 Å². The normalized spacial score (nSPS) is 12.1. The Morgan fingerprint density at radius 1 is 1.26 bits per heavy atom. The molecular weight excluding hydrogens is 425 g/mol. The van der Waals surface area contributed by atoms with Gasteiger partial charge in [-0.05, 0) is 42.1 Å². The van der Waals surface area contributed by atoms with E-state index in [2.05, 4.69) is 4.98 Å². The molecule has 11 heteroatoms. The first kappa shape index (κ1) is 21.5. The van der Waals surface area contributed by atoms with Gasteiger partial charge in [0.15, 0.2) is 9.84 Å². The van der Waals surface area contributed by atoms with E-state index < -0.39 is 21.3 Å². The molecule has 0 saturated heterocycles. The third-order valence-corrected chi connectivity index (χ3v) is 6.19. The van der Waals surface area contributed by atoms with Crippen LogP contribution in [0.25, 0.3) is 0 Å². The number of alkyl halides is 3. The van der Waals surface area contributed by atoms with Crippen LogP contribution in [-0.4, -0.2) is 37.6 Å². The van der Waals surface area contributed by atoms with Crippen molar-refractivity contribution >= 4 is 44.8 Å². The van der Waals surface area contributed by atoms with E-state index in [1.165, 1.54) is 38.2 Å². The average molecular weight is 439 g/mol. The van der Waals surface area contributed by atoms with Crippen LogP contribution in [0.5, 0.6) is 0 Å². The summed E-state index contributed by atoms with van der Waals surface area (Å²) in [5, 5.41) is 0.0646. The van der Waals surface area contributed by atoms with Crippen LogP contribution in [0.15, 0.2) is 46.3 Å². The Morgan fingerprint density at radius 3 is 2.37 bits per heavy atom. The molecule has 0 aliphatic carbocycles. The molecule has 1 aromatic carbocycles. The summed E-state index contributed by atoms with van der Waals surface area (Å²) in [6, 6.07) is 6.25. The maximum atomic E-state index is 12.7. The molecule has 146 valence electrons. The lowest BCUT2D eigenvalue weighted by molar-refractivity contribution is -0.0328. The van der Waals surface area contributed by atoms with Crippen molar-refractivity contribution < 1.29 is 26.4 Å². The first-order chi connectivity index (χ1) is 12.4. The molecule has 0 saturated carbocycles. The molecule has 27 heavy (non-hydrogen) atoms. The van der Waals surface area contributed by atoms with Gasteiger partial charge in [-0.2, -0.15) is 13.2 Å². The van der Waals surface area contributed by atoms with E-state index in [1.54, 1.807) is 0 Å². The number of pyridine rings is 1. The molecule has 1 aromatic heterocycles. The van der Waals surface area contributed by atoms with Gasteiger partial charge in [0, 0.05) is 23.8 Å². The quantitative estimate of drug-likeness (QED) is 0.646. The van der Waals surface area contributed by atoms with Crippen LogP contribution in [0.1, 0.15) is 17.4 Å². The lowest BCUT2D eigenvalue weighted by atomic mass is 10.2. The number of carbonyl (C=O) groups excluding carboxylic acids is 1. The fourth-order valence-electron chi connectivity index (χ4n) is 2.12. The topological polar surface area (TPSA) is 67.3 Å². The monoisotopic (exact) mass is 438 g/mol. The lowest BCUT2D eigenvalue weighted by Gasteiger charge is -2.19. The highest BCUT2D eigenvalue weighted by atomic mass is 35.5. The molecule has 0 radical (unpaired) electrons. The molecule has 0 unspecified atom stereocenters. The van der Waals surface area contributed by atoms with E-state index >= 15 is 0 Å². The number of benzene rings is 1. The third-order valence-electron chi connectivity index (χ3n) is 3.50. The molecule has 1 amide bonds. The molecule has 0 fully saturated rings. The van der Waals surface area contributed by atoms with Gasteiger partial charge in [0.2, 0.25) is 0 Å². The standard InChI is InChI=1S/C16H14ClF3N2O3S2/c1-3-27(24,25)13-8-10(17)9-21-14(13)15(23)22(2)11-4-6-12(7-5-11)26-16(18,19)20/h4-9H,3H2,1-2H3. The van der Waals surface area contributed by atoms with Crippen molar-refractivity contribution in [2.24, 2.45) is 0 Å². The number of carbonyl (C=O) groups is 1. The summed E-state index contributed by atoms with van der Waals surface area (Å²) >= 11 is 5.53. The largest absolute Gasteiger partial charge is 0.446 e. The zero-order chi connectivity index (χ0) is 20.4. The van der Waals surface area contributed by atoms with Crippen molar-refractivity contribution in [3.05, 3.63) is 47.2 Å². The van der Waals surface area contributed by atoms with Gasteiger partial charge >= 0.3 is 5.51 Å². The van der Waals surface area contributed by atoms with Gasteiger partial charge in [-0.1, -0.05) is 18.5 Å². The lowest BCUT2D eigenvalue weighted by Crippen LogP contribution is -2.29. The van der Waals surface area contributed by atoms with Gasteiger partial charge in [0.05, 0.1) is 15.7 Å². The Labute approximate surface area is 163 Å². The van der Waals surface area contributed by atoms with Crippen molar-refractivity contribution in [2.75, 3.05) is 17.7 Å². The minimum absolute atomic E-state index is 0.0361. The van der Waals surface area contributed by atoms with E-state index in [0.29, 0.717) is 0 Å². The highest BCUT2D eigenvalue weighted by molar-refractivity contribution is 8.00. The van der Waals surface area contributed by atoms with Crippen molar-refractivity contribution in [1.82, 2.24) is 4.98 Å². The predicted molar refractivity (Wildman–Crippen MR) is 98.1 cm³/mol. The number of sulfone groups is 1. The summed E-state index contributed by atoms with van der Waals surface area (Å²) in [5.41, 5.74) is -4.44. The maximum absolute atomic E-state index is 12.7. The summed E-state index contributed by atoms with van der Waals surface area (Å²) in [6.07, 6.45) is 1.15. The van der Waals surface area contributed by atoms with Crippen molar-refractivity contribution in [2.45, 2.75) is 22.2 Å². The molecule has 0 atom stereocenters. The SMILES string of the molecule is CCS(=O)(=O)c1cc(Cl)cnc1C(=O)N(C)c1ccc(SC(F)(F)F)cc1. The minimum atomic E-state index is -4.42. The number of rotatable bonds is 5. The Hall–Kier alpha value is -1.78. The van der Waals surface area contributed by atoms with E-state index in [0.717, 1.165) is 17.2 Å². The zero-order valence-corrected chi connectivity index (χ0v) is 16.5. The van der Waals surface area contributed by atoms with Gasteiger partial charge in [0.1, 0.15) is 5.69 Å². The molecule has 1 heterocycles. The highest BCUT2D eigenvalue weighted by Crippen LogP contribution is 2.37. The molecule has 5 nitrogen and oxygen atoms in total. The van der Waals surface area contributed by atoms with Crippen molar-refractivity contribution in [3.63, 3.8) is 0 Å². The highest BCUT2D eigenvalue weighted by Gasteiger charge is 2.29. The number of amides is 1. The van der Waals surface area contributed by atoms with E-state index in [9.17, 15) is 26.4 Å². The second-order valence-corrected chi connectivity index (χ2v) is 9.13. The number of aromatic nitrogens is 1. The maximum Gasteiger partial charge on any atom is 0.446 e. The van der Waals surface area contributed by atoms with Crippen LogP contribution in [-0.2, 0) is 9.84 Å². The van der Waals surface area contributed by atoms with Gasteiger partial charge < -0.3 is 4.90 Å². The first-order valence-electron chi connectivity index (χ1n) is 7.47. The molecule has 2 aromatic rings. The van der Waals surface area contributed by atoms with Crippen LogP contribution >= 0.6 is 23.4 Å². The number of hydrogen-bond acceptors (Lipinski definition) is 5. The molecule has 2 rings (SSSR count). The number of halogens is 4. The van der Waals surface area contributed by atoms with Crippen LogP contribution in [0, 0.1) is 0 Å². The summed E-state index contributed by atoms with van der Waals surface area (Å²) in [6.45, 7) is 1.42. The number of thioether (sulfide) groups is 1. The van der Waals surface area contributed by atoms with Crippen LogP contribution in [0.2, 0.25) is 5.02 Å². The molecule has 0 aliphatic heterocycles. The molecule has 0 spiro atoms. The Balaban J connectivity index is 2.36. The second kappa shape index (κ2) is 8.07. The number of anilines is 1. The third kappa shape index (κ3) is 5.36. The summed E-state index contributed by atoms with van der Waals surface area (Å²) in [4.78, 5) is 17.3. The Kier molecular flexibility index (Phi) is 6.43. The van der Waals surface area contributed by atoms with Gasteiger partial charge in [-0.25, -0.2) is 13.4 Å². The predicted octanol–water partition coefficient (Wildman–Crippen LogP) is 4.42. The van der Waals surface area contributed by atoms with Crippen molar-refractivity contribution in [1.29, 1.82) is 0 Å². The van der Waals surface area contributed by atoms with E-state index in [4.69, 9.17) is 11.6 Å². The second-order valence-electron chi connectivity index (χ2n) is 5.31. The van der Waals surface area contributed by atoms with Crippen LogP contribution < -0.4 is 4.90 Å². The average Bonchev–Trinajstić information content (AvgIpc) is 2.59. The summed E-state index contributed by atoms with van der Waals surface area (Å²) in [5.74, 6) is -0.975. The minimum Gasteiger partial charge on any atom is -0.310 e. The number of nitrogens with zero attached hydrogens (tertiary/aromatic N) is 2. The van der Waals surface area contributed by atoms with Crippen molar-refractivity contribution in [3.8, 4) is 0 Å². The fraction of sp³-hybridized carbons (Fsp3) is 0.250. The molecule has 0 bridgehead atoms. The Bertz CT molecular complexity index is 948. The van der Waals surface area contributed by atoms with Gasteiger partial charge in [-0.15, -0.1) is 0 Å². The summed E-state index contributed by atoms with van der Waals surface area (Å²) < 4.78 is 61.7. The molecular formula is C16H14ClF3N2O3S2.